The summed E-state index contributed by atoms with van der Waals surface area (Å²) in [6, 6.07) is 3.75. The molecule has 0 amide bonds. The molecule has 1 heterocycles. The van der Waals surface area contributed by atoms with Gasteiger partial charge >= 0.3 is 0 Å². The van der Waals surface area contributed by atoms with E-state index in [4.69, 9.17) is 4.74 Å². The van der Waals surface area contributed by atoms with Crippen LogP contribution in [0.2, 0.25) is 0 Å². The predicted molar refractivity (Wildman–Crippen MR) is 64.3 cm³/mol. The molecule has 1 aliphatic heterocycles. The Balaban J connectivity index is 1.78. The second-order valence-electron chi connectivity index (χ2n) is 4.82. The van der Waals surface area contributed by atoms with E-state index in [9.17, 15) is 13.9 Å². The minimum atomic E-state index is -0.862. The Hall–Kier alpha value is -1.00. The first-order valence-electron chi connectivity index (χ1n) is 6.39. The first-order chi connectivity index (χ1) is 8.65. The molecular formula is C14H18F2O2. The van der Waals surface area contributed by atoms with Gasteiger partial charge in [-0.2, -0.15) is 0 Å². The zero-order chi connectivity index (χ0) is 13.0. The summed E-state index contributed by atoms with van der Waals surface area (Å²) < 4.78 is 31.2. The Labute approximate surface area is 106 Å². The maximum absolute atomic E-state index is 13.0. The van der Waals surface area contributed by atoms with Crippen molar-refractivity contribution in [1.29, 1.82) is 0 Å². The van der Waals surface area contributed by atoms with E-state index in [1.807, 2.05) is 0 Å². The number of hydrogen-bond donors (Lipinski definition) is 1. The third kappa shape index (κ3) is 3.75. The molecule has 0 saturated carbocycles. The van der Waals surface area contributed by atoms with Gasteiger partial charge in [-0.3, -0.25) is 0 Å². The summed E-state index contributed by atoms with van der Waals surface area (Å²) in [5.41, 5.74) is 0.619. The zero-order valence-corrected chi connectivity index (χ0v) is 10.2. The molecule has 2 atom stereocenters. The standard InChI is InChI=1S/C14H18F2O2/c15-13-6-3-10(9-14(13)16)8-11(17)4-5-12-2-1-7-18-12/h3,6,9,11-12,17H,1-2,4-5,7-8H2. The molecule has 0 spiro atoms. The summed E-state index contributed by atoms with van der Waals surface area (Å²) in [5.74, 6) is -1.72. The van der Waals surface area contributed by atoms with Crippen molar-refractivity contribution in [1.82, 2.24) is 0 Å². The lowest BCUT2D eigenvalue weighted by atomic mass is 10.0. The van der Waals surface area contributed by atoms with Gasteiger partial charge in [0.2, 0.25) is 0 Å². The van der Waals surface area contributed by atoms with Crippen LogP contribution in [0.15, 0.2) is 18.2 Å². The van der Waals surface area contributed by atoms with E-state index in [2.05, 4.69) is 0 Å². The first-order valence-corrected chi connectivity index (χ1v) is 6.39. The Morgan fingerprint density at radius 1 is 1.33 bits per heavy atom. The van der Waals surface area contributed by atoms with Crippen LogP contribution in [0.3, 0.4) is 0 Å². The second kappa shape index (κ2) is 6.25. The molecule has 1 N–H and O–H groups in total. The number of aliphatic hydroxyl groups excluding tert-OH is 1. The summed E-state index contributed by atoms with van der Waals surface area (Å²) in [6.45, 7) is 0.809. The first kappa shape index (κ1) is 13.4. The summed E-state index contributed by atoms with van der Waals surface area (Å²) in [5, 5.41) is 9.85. The summed E-state index contributed by atoms with van der Waals surface area (Å²) in [7, 11) is 0. The van der Waals surface area contributed by atoms with Crippen molar-refractivity contribution in [3.8, 4) is 0 Å². The second-order valence-corrected chi connectivity index (χ2v) is 4.82. The highest BCUT2D eigenvalue weighted by molar-refractivity contribution is 5.18. The summed E-state index contributed by atoms with van der Waals surface area (Å²) in [6.07, 6.45) is 3.67. The molecule has 1 saturated heterocycles. The molecule has 1 aliphatic rings. The molecule has 1 fully saturated rings. The normalized spacial score (nSPS) is 21.2. The number of ether oxygens (including phenoxy) is 1. The van der Waals surface area contributed by atoms with E-state index in [1.54, 1.807) is 0 Å². The maximum Gasteiger partial charge on any atom is 0.159 e. The SMILES string of the molecule is OC(CCC1CCCO1)Cc1ccc(F)c(F)c1. The van der Waals surface area contributed by atoms with Gasteiger partial charge in [-0.1, -0.05) is 6.07 Å². The third-order valence-corrected chi connectivity index (χ3v) is 3.30. The molecule has 4 heteroatoms. The van der Waals surface area contributed by atoms with E-state index < -0.39 is 17.7 Å². The Morgan fingerprint density at radius 2 is 2.17 bits per heavy atom. The van der Waals surface area contributed by atoms with Crippen molar-refractivity contribution < 1.29 is 18.6 Å². The number of hydrogen-bond acceptors (Lipinski definition) is 2. The molecule has 0 aromatic heterocycles. The van der Waals surface area contributed by atoms with E-state index in [0.717, 1.165) is 38.0 Å². The van der Waals surface area contributed by atoms with Gasteiger partial charge in [0.15, 0.2) is 11.6 Å². The third-order valence-electron chi connectivity index (χ3n) is 3.30. The molecule has 0 radical (unpaired) electrons. The molecule has 2 nitrogen and oxygen atoms in total. The Morgan fingerprint density at radius 3 is 2.83 bits per heavy atom. The molecule has 1 aromatic carbocycles. The van der Waals surface area contributed by atoms with Crippen LogP contribution in [0.1, 0.15) is 31.2 Å². The Bertz CT molecular complexity index is 389. The minimum Gasteiger partial charge on any atom is -0.393 e. The summed E-state index contributed by atoms with van der Waals surface area (Å²) in [4.78, 5) is 0. The van der Waals surface area contributed by atoms with Crippen molar-refractivity contribution in [2.75, 3.05) is 6.61 Å². The Kier molecular flexibility index (Phi) is 4.66. The maximum atomic E-state index is 13.0. The van der Waals surface area contributed by atoms with Crippen LogP contribution in [-0.4, -0.2) is 23.9 Å². The van der Waals surface area contributed by atoms with Gasteiger partial charge in [0.05, 0.1) is 12.2 Å². The van der Waals surface area contributed by atoms with Crippen LogP contribution in [0.25, 0.3) is 0 Å². The van der Waals surface area contributed by atoms with Crippen molar-refractivity contribution in [3.05, 3.63) is 35.4 Å². The van der Waals surface area contributed by atoms with Crippen LogP contribution in [0.4, 0.5) is 8.78 Å². The fourth-order valence-corrected chi connectivity index (χ4v) is 2.29. The van der Waals surface area contributed by atoms with E-state index in [1.165, 1.54) is 6.07 Å². The van der Waals surface area contributed by atoms with Crippen LogP contribution >= 0.6 is 0 Å². The fourth-order valence-electron chi connectivity index (χ4n) is 2.29. The van der Waals surface area contributed by atoms with Gasteiger partial charge < -0.3 is 9.84 Å². The fraction of sp³-hybridized carbons (Fsp3) is 0.571. The molecule has 1 aromatic rings. The number of benzene rings is 1. The van der Waals surface area contributed by atoms with Gasteiger partial charge in [-0.05, 0) is 49.8 Å². The van der Waals surface area contributed by atoms with Crippen molar-refractivity contribution >= 4 is 0 Å². The quantitative estimate of drug-likeness (QED) is 0.877. The average Bonchev–Trinajstić information content (AvgIpc) is 2.84. The highest BCUT2D eigenvalue weighted by Crippen LogP contribution is 2.19. The molecule has 100 valence electrons. The zero-order valence-electron chi connectivity index (χ0n) is 10.2. The van der Waals surface area contributed by atoms with Gasteiger partial charge in [0.1, 0.15) is 0 Å². The van der Waals surface area contributed by atoms with Crippen molar-refractivity contribution in [3.63, 3.8) is 0 Å². The lowest BCUT2D eigenvalue weighted by molar-refractivity contribution is 0.0813. The van der Waals surface area contributed by atoms with Crippen LogP contribution < -0.4 is 0 Å². The number of rotatable bonds is 5. The number of aliphatic hydroxyl groups is 1. The molecule has 2 rings (SSSR count). The van der Waals surface area contributed by atoms with Gasteiger partial charge in [0, 0.05) is 6.61 Å². The van der Waals surface area contributed by atoms with Crippen molar-refractivity contribution in [2.24, 2.45) is 0 Å². The van der Waals surface area contributed by atoms with Gasteiger partial charge in [0.25, 0.3) is 0 Å². The highest BCUT2D eigenvalue weighted by Gasteiger charge is 2.17. The monoisotopic (exact) mass is 256 g/mol. The minimum absolute atomic E-state index is 0.254. The lowest BCUT2D eigenvalue weighted by Crippen LogP contribution is -2.15. The van der Waals surface area contributed by atoms with Gasteiger partial charge in [-0.15, -0.1) is 0 Å². The predicted octanol–water partition coefficient (Wildman–Crippen LogP) is 2.83. The largest absolute Gasteiger partial charge is 0.393 e. The van der Waals surface area contributed by atoms with Crippen LogP contribution in [0, 0.1) is 11.6 Å². The lowest BCUT2D eigenvalue weighted by Gasteiger charge is -2.14. The van der Waals surface area contributed by atoms with Crippen LogP contribution in [-0.2, 0) is 11.2 Å². The van der Waals surface area contributed by atoms with Crippen molar-refractivity contribution in [2.45, 2.75) is 44.3 Å². The topological polar surface area (TPSA) is 29.5 Å². The van der Waals surface area contributed by atoms with Gasteiger partial charge in [-0.25, -0.2) is 8.78 Å². The van der Waals surface area contributed by atoms with E-state index >= 15 is 0 Å². The summed E-state index contributed by atoms with van der Waals surface area (Å²) >= 11 is 0. The molecule has 0 bridgehead atoms. The van der Waals surface area contributed by atoms with E-state index in [-0.39, 0.29) is 6.10 Å². The smallest absolute Gasteiger partial charge is 0.159 e. The van der Waals surface area contributed by atoms with Crippen LogP contribution in [0.5, 0.6) is 0 Å². The highest BCUT2D eigenvalue weighted by atomic mass is 19.2. The average molecular weight is 256 g/mol. The van der Waals surface area contributed by atoms with E-state index in [0.29, 0.717) is 18.4 Å². The molecule has 2 unspecified atom stereocenters. The molecule has 18 heavy (non-hydrogen) atoms. The molecular weight excluding hydrogens is 238 g/mol. The molecule has 0 aliphatic carbocycles. The number of halogens is 2.